The molecular weight excluding hydrogens is 414 g/mol. The first-order valence-electron chi connectivity index (χ1n) is 11.8. The third-order valence-corrected chi connectivity index (χ3v) is 5.62. The summed E-state index contributed by atoms with van der Waals surface area (Å²) in [6, 6.07) is 7.89. The van der Waals surface area contributed by atoms with E-state index in [-0.39, 0.29) is 11.6 Å². The summed E-state index contributed by atoms with van der Waals surface area (Å²) >= 11 is 0. The van der Waals surface area contributed by atoms with E-state index in [4.69, 9.17) is 9.84 Å². The fourth-order valence-corrected chi connectivity index (χ4v) is 4.25. The maximum absolute atomic E-state index is 13.1. The van der Waals surface area contributed by atoms with Crippen LogP contribution in [0.15, 0.2) is 36.9 Å². The number of benzene rings is 1. The van der Waals surface area contributed by atoms with E-state index in [9.17, 15) is 4.79 Å². The summed E-state index contributed by atoms with van der Waals surface area (Å²) in [6.07, 6.45) is 2.82. The molecule has 3 rings (SSSR count). The highest BCUT2D eigenvalue weighted by molar-refractivity contribution is 5.75. The quantitative estimate of drug-likeness (QED) is 0.602. The molecule has 1 aliphatic heterocycles. The molecule has 1 N–H and O–H groups in total. The molecule has 0 unspecified atom stereocenters. The number of methoxy groups -OCH3 is 1. The molecule has 1 aromatic carbocycles. The number of nitrogens with zero attached hydrogens (tertiary/aromatic N) is 4. The van der Waals surface area contributed by atoms with Crippen LogP contribution in [0.4, 0.5) is 4.79 Å². The van der Waals surface area contributed by atoms with E-state index < -0.39 is 0 Å². The third-order valence-electron chi connectivity index (χ3n) is 5.62. The molecule has 0 fully saturated rings. The van der Waals surface area contributed by atoms with Crippen LogP contribution in [-0.2, 0) is 19.5 Å². The van der Waals surface area contributed by atoms with E-state index in [2.05, 4.69) is 30.6 Å². The fraction of sp³-hybridized carbons (Fsp3) is 0.538. The number of nitrogens with one attached hydrogen (secondary N) is 1. The van der Waals surface area contributed by atoms with Crippen molar-refractivity contribution in [1.29, 1.82) is 0 Å². The zero-order valence-corrected chi connectivity index (χ0v) is 21.0. The Morgan fingerprint density at radius 2 is 2.06 bits per heavy atom. The molecule has 2 amide bonds. The minimum Gasteiger partial charge on any atom is -0.494 e. The molecule has 1 aliphatic rings. The van der Waals surface area contributed by atoms with Gasteiger partial charge in [0.15, 0.2) is 0 Å². The SMILES string of the molecule is C=CCN1CCc2c(c(CN(CC(C)C)C(=O)NC(C)(C)C)nn2-c2ccccc2OC)C1. The van der Waals surface area contributed by atoms with Crippen LogP contribution < -0.4 is 10.1 Å². The number of urea groups is 1. The van der Waals surface area contributed by atoms with Gasteiger partial charge in [-0.25, -0.2) is 9.48 Å². The average molecular weight is 454 g/mol. The van der Waals surface area contributed by atoms with Crippen molar-refractivity contribution in [1.82, 2.24) is 24.9 Å². The summed E-state index contributed by atoms with van der Waals surface area (Å²) in [5.41, 5.74) is 3.95. The minimum absolute atomic E-state index is 0.0597. The van der Waals surface area contributed by atoms with Crippen molar-refractivity contribution < 1.29 is 9.53 Å². The topological polar surface area (TPSA) is 62.6 Å². The highest BCUT2D eigenvalue weighted by Gasteiger charge is 2.29. The van der Waals surface area contributed by atoms with Gasteiger partial charge in [0.2, 0.25) is 0 Å². The predicted molar refractivity (Wildman–Crippen MR) is 133 cm³/mol. The second-order valence-corrected chi connectivity index (χ2v) is 10.2. The van der Waals surface area contributed by atoms with Gasteiger partial charge in [-0.15, -0.1) is 6.58 Å². The van der Waals surface area contributed by atoms with Crippen molar-refractivity contribution in [3.8, 4) is 11.4 Å². The maximum atomic E-state index is 13.1. The Morgan fingerprint density at radius 3 is 2.70 bits per heavy atom. The number of fused-ring (bicyclic) bond motifs is 1. The molecule has 0 spiro atoms. The van der Waals surface area contributed by atoms with E-state index in [1.807, 2.05) is 60.7 Å². The van der Waals surface area contributed by atoms with Gasteiger partial charge in [-0.3, -0.25) is 4.90 Å². The number of ether oxygens (including phenoxy) is 1. The van der Waals surface area contributed by atoms with Crippen LogP contribution in [-0.4, -0.2) is 57.9 Å². The smallest absolute Gasteiger partial charge is 0.318 e. The lowest BCUT2D eigenvalue weighted by atomic mass is 10.0. The minimum atomic E-state index is -0.302. The lowest BCUT2D eigenvalue weighted by molar-refractivity contribution is 0.177. The molecule has 0 saturated carbocycles. The van der Waals surface area contributed by atoms with E-state index in [0.717, 1.165) is 43.2 Å². The lowest BCUT2D eigenvalue weighted by Gasteiger charge is -2.30. The summed E-state index contributed by atoms with van der Waals surface area (Å²) in [6.45, 7) is 17.9. The summed E-state index contributed by atoms with van der Waals surface area (Å²) in [5.74, 6) is 1.13. The highest BCUT2D eigenvalue weighted by Crippen LogP contribution is 2.30. The van der Waals surface area contributed by atoms with Crippen molar-refractivity contribution in [3.63, 3.8) is 0 Å². The normalized spacial score (nSPS) is 14.2. The predicted octanol–water partition coefficient (Wildman–Crippen LogP) is 4.39. The van der Waals surface area contributed by atoms with Crippen molar-refractivity contribution in [3.05, 3.63) is 53.9 Å². The molecule has 180 valence electrons. The first-order valence-corrected chi connectivity index (χ1v) is 11.8. The monoisotopic (exact) mass is 453 g/mol. The van der Waals surface area contributed by atoms with Gasteiger partial charge >= 0.3 is 6.03 Å². The number of hydrogen-bond acceptors (Lipinski definition) is 4. The Balaban J connectivity index is 2.03. The second kappa shape index (κ2) is 10.4. The van der Waals surface area contributed by atoms with Crippen LogP contribution in [0, 0.1) is 5.92 Å². The number of carbonyl (C=O) groups is 1. The Bertz CT molecular complexity index is 974. The van der Waals surface area contributed by atoms with Crippen molar-refractivity contribution in [2.45, 2.75) is 59.7 Å². The zero-order chi connectivity index (χ0) is 24.2. The first-order chi connectivity index (χ1) is 15.6. The van der Waals surface area contributed by atoms with E-state index >= 15 is 0 Å². The van der Waals surface area contributed by atoms with Gasteiger partial charge in [-0.05, 0) is 38.8 Å². The van der Waals surface area contributed by atoms with Gasteiger partial charge in [0.05, 0.1) is 25.0 Å². The molecule has 1 aromatic heterocycles. The van der Waals surface area contributed by atoms with Crippen LogP contribution in [0.2, 0.25) is 0 Å². The molecular formula is C26H39N5O2. The zero-order valence-electron chi connectivity index (χ0n) is 21.0. The molecule has 2 aromatic rings. The lowest BCUT2D eigenvalue weighted by Crippen LogP contribution is -2.49. The van der Waals surface area contributed by atoms with Gasteiger partial charge in [-0.1, -0.05) is 32.1 Å². The van der Waals surface area contributed by atoms with E-state index in [1.54, 1.807) is 7.11 Å². The molecule has 7 nitrogen and oxygen atoms in total. The summed E-state index contributed by atoms with van der Waals surface area (Å²) in [5, 5.41) is 8.17. The van der Waals surface area contributed by atoms with Crippen LogP contribution in [0.1, 0.15) is 51.6 Å². The Morgan fingerprint density at radius 1 is 1.33 bits per heavy atom. The number of para-hydroxylation sites is 2. The first kappa shape index (κ1) is 24.8. The van der Waals surface area contributed by atoms with Crippen LogP contribution >= 0.6 is 0 Å². The summed E-state index contributed by atoms with van der Waals surface area (Å²) in [4.78, 5) is 17.4. The summed E-state index contributed by atoms with van der Waals surface area (Å²) in [7, 11) is 1.68. The molecule has 0 aliphatic carbocycles. The van der Waals surface area contributed by atoms with Crippen molar-refractivity contribution in [2.24, 2.45) is 5.92 Å². The standard InChI is InChI=1S/C26H39N5O2/c1-8-14-29-15-13-22-20(17-29)21(28-31(22)23-11-9-10-12-24(23)33-7)18-30(16-19(2)3)25(32)27-26(4,5)6/h8-12,19H,1,13-18H2,2-7H3,(H,27,32). The number of rotatable bonds is 8. The average Bonchev–Trinajstić information content (AvgIpc) is 3.09. The number of aromatic nitrogens is 2. The van der Waals surface area contributed by atoms with Crippen molar-refractivity contribution >= 4 is 6.03 Å². The van der Waals surface area contributed by atoms with Gasteiger partial charge < -0.3 is 15.0 Å². The highest BCUT2D eigenvalue weighted by atomic mass is 16.5. The van der Waals surface area contributed by atoms with Gasteiger partial charge in [0.25, 0.3) is 0 Å². The largest absolute Gasteiger partial charge is 0.494 e. The van der Waals surface area contributed by atoms with Gasteiger partial charge in [0, 0.05) is 43.7 Å². The molecule has 7 heteroatoms. The molecule has 0 bridgehead atoms. The third kappa shape index (κ3) is 6.16. The van der Waals surface area contributed by atoms with Gasteiger partial charge in [-0.2, -0.15) is 5.10 Å². The van der Waals surface area contributed by atoms with E-state index in [0.29, 0.717) is 19.0 Å². The molecule has 0 radical (unpaired) electrons. The number of carbonyl (C=O) groups excluding carboxylic acids is 1. The molecule has 2 heterocycles. The van der Waals surface area contributed by atoms with Crippen molar-refractivity contribution in [2.75, 3.05) is 26.7 Å². The summed E-state index contributed by atoms with van der Waals surface area (Å²) < 4.78 is 7.65. The van der Waals surface area contributed by atoms with Crippen LogP contribution in [0.3, 0.4) is 0 Å². The Labute approximate surface area is 198 Å². The van der Waals surface area contributed by atoms with Crippen LogP contribution in [0.5, 0.6) is 5.75 Å². The Kier molecular flexibility index (Phi) is 7.84. The fourth-order valence-electron chi connectivity index (χ4n) is 4.25. The Hall–Kier alpha value is -2.80. The molecule has 0 atom stereocenters. The van der Waals surface area contributed by atoms with Gasteiger partial charge in [0.1, 0.15) is 11.4 Å². The molecule has 0 saturated heterocycles. The number of hydrogen-bond donors (Lipinski definition) is 1. The van der Waals surface area contributed by atoms with Crippen LogP contribution in [0.25, 0.3) is 5.69 Å². The molecule has 33 heavy (non-hydrogen) atoms. The number of amides is 2. The second-order valence-electron chi connectivity index (χ2n) is 10.2. The van der Waals surface area contributed by atoms with E-state index in [1.165, 1.54) is 11.3 Å². The maximum Gasteiger partial charge on any atom is 0.318 e.